The van der Waals surface area contributed by atoms with Gasteiger partial charge < -0.3 is 9.47 Å². The minimum Gasteiger partial charge on any atom is -0.382 e. The van der Waals surface area contributed by atoms with Gasteiger partial charge in [0.25, 0.3) is 11.8 Å². The molecular weight excluding hydrogens is 234 g/mol. The van der Waals surface area contributed by atoms with Crippen LogP contribution in [0.1, 0.15) is 25.7 Å². The van der Waals surface area contributed by atoms with Crippen molar-refractivity contribution in [2.24, 2.45) is 0 Å². The molecule has 100 valence electrons. The van der Waals surface area contributed by atoms with E-state index in [1.54, 1.807) is 14.2 Å². The van der Waals surface area contributed by atoms with Crippen LogP contribution in [0.3, 0.4) is 0 Å². The monoisotopic (exact) mass is 253 g/mol. The number of hydrogen-bond acceptors (Lipinski definition) is 4. The van der Waals surface area contributed by atoms with Crippen molar-refractivity contribution in [3.05, 3.63) is 11.1 Å². The number of methoxy groups -OCH3 is 2. The van der Waals surface area contributed by atoms with Gasteiger partial charge in [0, 0.05) is 25.4 Å². The van der Waals surface area contributed by atoms with Crippen molar-refractivity contribution in [2.45, 2.75) is 31.8 Å². The van der Waals surface area contributed by atoms with Crippen molar-refractivity contribution in [3.63, 3.8) is 0 Å². The van der Waals surface area contributed by atoms with Crippen LogP contribution in [-0.2, 0) is 19.1 Å². The maximum absolute atomic E-state index is 12.2. The quantitative estimate of drug-likeness (QED) is 0.683. The third-order valence-electron chi connectivity index (χ3n) is 3.55. The van der Waals surface area contributed by atoms with Crippen LogP contribution in [0.4, 0.5) is 0 Å². The minimum atomic E-state index is -0.260. The summed E-state index contributed by atoms with van der Waals surface area (Å²) in [7, 11) is 3.13. The van der Waals surface area contributed by atoms with Crippen LogP contribution in [0.5, 0.6) is 0 Å². The molecule has 0 N–H and O–H groups in total. The Morgan fingerprint density at radius 2 is 1.67 bits per heavy atom. The molecule has 1 aliphatic carbocycles. The minimum absolute atomic E-state index is 0.132. The number of imide groups is 1. The van der Waals surface area contributed by atoms with E-state index in [1.807, 2.05) is 0 Å². The van der Waals surface area contributed by atoms with Crippen LogP contribution < -0.4 is 0 Å². The topological polar surface area (TPSA) is 55.8 Å². The summed E-state index contributed by atoms with van der Waals surface area (Å²) in [6, 6.07) is 0. The molecule has 1 heterocycles. The lowest BCUT2D eigenvalue weighted by Gasteiger charge is -2.21. The molecule has 0 aromatic heterocycles. The second kappa shape index (κ2) is 5.63. The molecule has 5 heteroatoms. The molecule has 0 aromatic rings. The Kier molecular flexibility index (Phi) is 4.14. The van der Waals surface area contributed by atoms with Gasteiger partial charge in [-0.25, -0.2) is 0 Å². The molecule has 0 aromatic carbocycles. The van der Waals surface area contributed by atoms with Crippen molar-refractivity contribution in [1.82, 2.24) is 4.90 Å². The van der Waals surface area contributed by atoms with Gasteiger partial charge in [0.1, 0.15) is 0 Å². The average Bonchev–Trinajstić information content (AvgIpc) is 2.64. The standard InChI is InChI=1S/C13H19NO4/c1-17-8-9(18-2)7-14-12(15)10-5-3-4-6-11(10)13(14)16/h9H,3-8H2,1-2H3. The summed E-state index contributed by atoms with van der Waals surface area (Å²) in [5.74, 6) is -0.263. The van der Waals surface area contributed by atoms with Crippen LogP contribution in [0.2, 0.25) is 0 Å². The first-order valence-corrected chi connectivity index (χ1v) is 6.29. The van der Waals surface area contributed by atoms with E-state index in [-0.39, 0.29) is 24.5 Å². The van der Waals surface area contributed by atoms with Crippen LogP contribution in [-0.4, -0.2) is 50.2 Å². The van der Waals surface area contributed by atoms with E-state index in [2.05, 4.69) is 0 Å². The number of nitrogens with zero attached hydrogens (tertiary/aromatic N) is 1. The Labute approximate surface area is 107 Å². The molecule has 5 nitrogen and oxygen atoms in total. The van der Waals surface area contributed by atoms with Gasteiger partial charge in [-0.05, 0) is 25.7 Å². The molecule has 0 spiro atoms. The lowest BCUT2D eigenvalue weighted by Crippen LogP contribution is -2.40. The van der Waals surface area contributed by atoms with E-state index < -0.39 is 0 Å². The fourth-order valence-corrected chi connectivity index (χ4v) is 2.55. The van der Waals surface area contributed by atoms with Crippen LogP contribution in [0.25, 0.3) is 0 Å². The van der Waals surface area contributed by atoms with Gasteiger partial charge in [-0.1, -0.05) is 0 Å². The summed E-state index contributed by atoms with van der Waals surface area (Å²) in [6.07, 6.45) is 3.20. The van der Waals surface area contributed by atoms with E-state index in [0.717, 1.165) is 36.8 Å². The van der Waals surface area contributed by atoms with Crippen molar-refractivity contribution in [1.29, 1.82) is 0 Å². The first kappa shape index (κ1) is 13.2. The number of ether oxygens (including phenoxy) is 2. The predicted octanol–water partition coefficient (Wildman–Crippen LogP) is 0.887. The number of carbonyl (C=O) groups is 2. The molecule has 2 aliphatic rings. The number of amides is 2. The summed E-state index contributed by atoms with van der Waals surface area (Å²) < 4.78 is 10.2. The summed E-state index contributed by atoms with van der Waals surface area (Å²) >= 11 is 0. The third kappa shape index (κ3) is 2.33. The van der Waals surface area contributed by atoms with Gasteiger partial charge in [0.2, 0.25) is 0 Å². The van der Waals surface area contributed by atoms with Crippen molar-refractivity contribution >= 4 is 11.8 Å². The molecule has 1 atom stereocenters. The largest absolute Gasteiger partial charge is 0.382 e. The van der Waals surface area contributed by atoms with Gasteiger partial charge in [0.15, 0.2) is 0 Å². The molecule has 18 heavy (non-hydrogen) atoms. The molecule has 0 fully saturated rings. The Balaban J connectivity index is 2.08. The fourth-order valence-electron chi connectivity index (χ4n) is 2.55. The van der Waals surface area contributed by atoms with Gasteiger partial charge in [0.05, 0.1) is 19.3 Å². The Morgan fingerprint density at radius 3 is 2.11 bits per heavy atom. The highest BCUT2D eigenvalue weighted by molar-refractivity contribution is 6.19. The number of carbonyl (C=O) groups excluding carboxylic acids is 2. The lowest BCUT2D eigenvalue weighted by molar-refractivity contribution is -0.140. The molecule has 2 rings (SSSR count). The van der Waals surface area contributed by atoms with Crippen molar-refractivity contribution < 1.29 is 19.1 Å². The molecular formula is C13H19NO4. The zero-order valence-corrected chi connectivity index (χ0v) is 10.9. The van der Waals surface area contributed by atoms with Crippen molar-refractivity contribution in [3.8, 4) is 0 Å². The molecule has 0 saturated heterocycles. The normalized spacial score (nSPS) is 21.6. The van der Waals surface area contributed by atoms with E-state index >= 15 is 0 Å². The van der Waals surface area contributed by atoms with Gasteiger partial charge >= 0.3 is 0 Å². The predicted molar refractivity (Wildman–Crippen MR) is 64.9 cm³/mol. The number of rotatable bonds is 5. The molecule has 2 amide bonds. The highest BCUT2D eigenvalue weighted by Crippen LogP contribution is 2.32. The Morgan fingerprint density at radius 1 is 1.11 bits per heavy atom. The molecule has 0 radical (unpaired) electrons. The maximum Gasteiger partial charge on any atom is 0.257 e. The van der Waals surface area contributed by atoms with Gasteiger partial charge in [-0.15, -0.1) is 0 Å². The SMILES string of the molecule is COCC(CN1C(=O)C2=C(CCCC2)C1=O)OC. The van der Waals surface area contributed by atoms with Crippen LogP contribution in [0, 0.1) is 0 Å². The molecule has 0 bridgehead atoms. The van der Waals surface area contributed by atoms with Gasteiger partial charge in [-0.3, -0.25) is 14.5 Å². The van der Waals surface area contributed by atoms with E-state index in [0.29, 0.717) is 6.61 Å². The first-order chi connectivity index (χ1) is 8.69. The third-order valence-corrected chi connectivity index (χ3v) is 3.55. The summed E-state index contributed by atoms with van der Waals surface area (Å²) in [4.78, 5) is 25.6. The van der Waals surface area contributed by atoms with Crippen LogP contribution >= 0.6 is 0 Å². The highest BCUT2D eigenvalue weighted by Gasteiger charge is 2.39. The molecule has 0 saturated carbocycles. The molecule has 1 aliphatic heterocycles. The van der Waals surface area contributed by atoms with Gasteiger partial charge in [-0.2, -0.15) is 0 Å². The highest BCUT2D eigenvalue weighted by atomic mass is 16.5. The number of hydrogen-bond donors (Lipinski definition) is 0. The Hall–Kier alpha value is -1.20. The zero-order chi connectivity index (χ0) is 13.1. The second-order valence-electron chi connectivity index (χ2n) is 4.70. The smallest absolute Gasteiger partial charge is 0.257 e. The average molecular weight is 253 g/mol. The van der Waals surface area contributed by atoms with E-state index in [4.69, 9.17) is 9.47 Å². The second-order valence-corrected chi connectivity index (χ2v) is 4.70. The lowest BCUT2D eigenvalue weighted by atomic mass is 9.93. The summed E-state index contributed by atoms with van der Waals surface area (Å²) in [6.45, 7) is 0.646. The first-order valence-electron chi connectivity index (χ1n) is 6.29. The fraction of sp³-hybridized carbons (Fsp3) is 0.692. The molecule has 1 unspecified atom stereocenters. The van der Waals surface area contributed by atoms with Crippen molar-refractivity contribution in [2.75, 3.05) is 27.4 Å². The zero-order valence-electron chi connectivity index (χ0n) is 10.9. The summed E-state index contributed by atoms with van der Waals surface area (Å²) in [5.41, 5.74) is 1.44. The van der Waals surface area contributed by atoms with Crippen LogP contribution in [0.15, 0.2) is 11.1 Å². The van der Waals surface area contributed by atoms with E-state index in [9.17, 15) is 9.59 Å². The summed E-state index contributed by atoms with van der Waals surface area (Å²) in [5, 5.41) is 0. The van der Waals surface area contributed by atoms with E-state index in [1.165, 1.54) is 4.90 Å². The maximum atomic E-state index is 12.2. The Bertz CT molecular complexity index is 360.